The lowest BCUT2D eigenvalue weighted by Gasteiger charge is -2.32. The molecule has 2 N–H and O–H groups in total. The minimum atomic E-state index is 0.00922. The number of nitrogens with two attached hydrogens (primary N) is 1. The Morgan fingerprint density at radius 1 is 1.23 bits per heavy atom. The van der Waals surface area contributed by atoms with Gasteiger partial charge in [-0.1, -0.05) is 11.3 Å². The second-order valence-corrected chi connectivity index (χ2v) is 6.60. The molecule has 9 nitrogen and oxygen atoms in total. The Hall–Kier alpha value is -2.65. The molecule has 26 heavy (non-hydrogen) atoms. The highest BCUT2D eigenvalue weighted by atomic mass is 16.5. The number of aromatic nitrogens is 6. The van der Waals surface area contributed by atoms with Crippen molar-refractivity contribution in [2.75, 3.05) is 25.4 Å². The van der Waals surface area contributed by atoms with Gasteiger partial charge in [0, 0.05) is 25.3 Å². The number of anilines is 1. The molecule has 4 rings (SSSR count). The molecule has 0 radical (unpaired) electrons. The molecule has 0 amide bonds. The van der Waals surface area contributed by atoms with Crippen molar-refractivity contribution in [3.63, 3.8) is 0 Å². The van der Waals surface area contributed by atoms with Crippen LogP contribution < -0.4 is 5.73 Å². The van der Waals surface area contributed by atoms with E-state index in [0.29, 0.717) is 36.0 Å². The Morgan fingerprint density at radius 2 is 2.12 bits per heavy atom. The highest BCUT2D eigenvalue weighted by Crippen LogP contribution is 2.17. The first kappa shape index (κ1) is 16.8. The van der Waals surface area contributed by atoms with E-state index in [1.54, 1.807) is 11.6 Å². The lowest BCUT2D eigenvalue weighted by molar-refractivity contribution is -0.0403. The number of hydrogen-bond acceptors (Lipinski definition) is 8. The van der Waals surface area contributed by atoms with Crippen LogP contribution in [-0.4, -0.2) is 60.6 Å². The topological polar surface area (TPSA) is 108 Å². The number of ether oxygens (including phenoxy) is 1. The van der Waals surface area contributed by atoms with E-state index in [1.165, 1.54) is 0 Å². The molecule has 0 aromatic carbocycles. The average Bonchev–Trinajstić information content (AvgIpc) is 2.98. The van der Waals surface area contributed by atoms with Gasteiger partial charge in [-0.2, -0.15) is 0 Å². The fourth-order valence-corrected chi connectivity index (χ4v) is 3.26. The van der Waals surface area contributed by atoms with Crippen LogP contribution >= 0.6 is 0 Å². The Bertz CT molecular complexity index is 924. The molecule has 1 saturated heterocycles. The maximum absolute atomic E-state index is 5.93. The predicted molar refractivity (Wildman–Crippen MR) is 96.3 cm³/mol. The molecule has 4 heterocycles. The normalized spacial score (nSPS) is 18.5. The quantitative estimate of drug-likeness (QED) is 0.730. The summed E-state index contributed by atoms with van der Waals surface area (Å²) in [5.74, 6) is 0.964. The van der Waals surface area contributed by atoms with Crippen molar-refractivity contribution >= 4 is 17.0 Å². The Kier molecular flexibility index (Phi) is 4.48. The summed E-state index contributed by atoms with van der Waals surface area (Å²) in [6.07, 6.45) is 0.00922. The van der Waals surface area contributed by atoms with Gasteiger partial charge in [0.25, 0.3) is 0 Å². The number of nitrogens with zero attached hydrogens (tertiary/aromatic N) is 7. The molecule has 1 aliphatic rings. The van der Waals surface area contributed by atoms with E-state index in [0.717, 1.165) is 31.0 Å². The summed E-state index contributed by atoms with van der Waals surface area (Å²) in [5, 5.41) is 8.29. The van der Waals surface area contributed by atoms with Gasteiger partial charge in [0.2, 0.25) is 0 Å². The van der Waals surface area contributed by atoms with Crippen molar-refractivity contribution in [3.8, 4) is 0 Å². The van der Waals surface area contributed by atoms with Crippen LogP contribution in [0.4, 0.5) is 5.82 Å². The van der Waals surface area contributed by atoms with Crippen molar-refractivity contribution in [2.24, 2.45) is 0 Å². The number of rotatable bonds is 4. The number of pyridine rings is 1. The molecule has 0 saturated carbocycles. The maximum Gasteiger partial charge on any atom is 0.184 e. The lowest BCUT2D eigenvalue weighted by atomic mass is 10.2. The number of morpholine rings is 1. The zero-order chi connectivity index (χ0) is 18.1. The van der Waals surface area contributed by atoms with Gasteiger partial charge < -0.3 is 10.5 Å². The molecule has 0 bridgehead atoms. The Morgan fingerprint density at radius 3 is 2.96 bits per heavy atom. The number of hydrogen-bond donors (Lipinski definition) is 1. The minimum absolute atomic E-state index is 0.00922. The molecule has 3 aromatic rings. The smallest absolute Gasteiger partial charge is 0.184 e. The Balaban J connectivity index is 1.47. The van der Waals surface area contributed by atoms with Crippen LogP contribution in [0.3, 0.4) is 0 Å². The van der Waals surface area contributed by atoms with E-state index in [2.05, 4.69) is 36.2 Å². The predicted octanol–water partition coefficient (Wildman–Crippen LogP) is 0.716. The van der Waals surface area contributed by atoms with Gasteiger partial charge in [-0.25, -0.2) is 14.6 Å². The molecule has 1 fully saturated rings. The molecular formula is C17H22N8O. The first-order chi connectivity index (χ1) is 12.6. The van der Waals surface area contributed by atoms with Gasteiger partial charge in [-0.05, 0) is 26.0 Å². The largest absolute Gasteiger partial charge is 0.382 e. The first-order valence-corrected chi connectivity index (χ1v) is 8.68. The second-order valence-electron chi connectivity index (χ2n) is 6.60. The van der Waals surface area contributed by atoms with Crippen LogP contribution in [0.1, 0.15) is 17.2 Å². The summed E-state index contributed by atoms with van der Waals surface area (Å²) in [5.41, 5.74) is 9.21. The third-order valence-corrected chi connectivity index (χ3v) is 4.43. The Labute approximate surface area is 151 Å². The maximum atomic E-state index is 5.93. The summed E-state index contributed by atoms with van der Waals surface area (Å²) in [4.78, 5) is 15.5. The van der Waals surface area contributed by atoms with E-state index >= 15 is 0 Å². The van der Waals surface area contributed by atoms with Crippen molar-refractivity contribution < 1.29 is 4.74 Å². The van der Waals surface area contributed by atoms with E-state index < -0.39 is 0 Å². The summed E-state index contributed by atoms with van der Waals surface area (Å²) in [6.45, 7) is 7.57. The molecular weight excluding hydrogens is 332 g/mol. The fraction of sp³-hybridized carbons (Fsp3) is 0.471. The van der Waals surface area contributed by atoms with Crippen molar-refractivity contribution in [1.29, 1.82) is 0 Å². The van der Waals surface area contributed by atoms with Crippen LogP contribution in [-0.2, 0) is 17.8 Å². The lowest BCUT2D eigenvalue weighted by Crippen LogP contribution is -2.44. The van der Waals surface area contributed by atoms with Gasteiger partial charge in [-0.3, -0.25) is 9.88 Å². The summed E-state index contributed by atoms with van der Waals surface area (Å²) >= 11 is 0. The molecule has 0 aliphatic carbocycles. The van der Waals surface area contributed by atoms with E-state index in [4.69, 9.17) is 10.5 Å². The van der Waals surface area contributed by atoms with E-state index in [9.17, 15) is 0 Å². The van der Waals surface area contributed by atoms with Crippen LogP contribution in [0.2, 0.25) is 0 Å². The van der Waals surface area contributed by atoms with Crippen molar-refractivity contribution in [2.45, 2.75) is 33.0 Å². The molecule has 0 spiro atoms. The van der Waals surface area contributed by atoms with Crippen molar-refractivity contribution in [1.82, 2.24) is 34.8 Å². The van der Waals surface area contributed by atoms with Crippen LogP contribution in [0.25, 0.3) is 11.2 Å². The minimum Gasteiger partial charge on any atom is -0.382 e. The molecule has 3 aromatic heterocycles. The number of nitrogen functional groups attached to an aromatic ring is 1. The average molecular weight is 354 g/mol. The van der Waals surface area contributed by atoms with Gasteiger partial charge >= 0.3 is 0 Å². The highest BCUT2D eigenvalue weighted by Gasteiger charge is 2.23. The summed E-state index contributed by atoms with van der Waals surface area (Å²) in [6, 6.07) is 6.12. The molecule has 136 valence electrons. The second kappa shape index (κ2) is 6.93. The summed E-state index contributed by atoms with van der Waals surface area (Å²) < 4.78 is 7.68. The standard InChI is InChI=1S/C17H22N8O/c1-11-4-3-5-13(19-11)8-24-6-7-26-14(9-24)10-25-17-15(22-23-25)16(18)20-12(2)21-17/h3-5,14H,6-10H2,1-2H3,(H2,18,20,21). The summed E-state index contributed by atoms with van der Waals surface area (Å²) in [7, 11) is 0. The molecule has 1 unspecified atom stereocenters. The molecule has 1 atom stereocenters. The number of aryl methyl sites for hydroxylation is 2. The third-order valence-electron chi connectivity index (χ3n) is 4.43. The number of fused-ring (bicyclic) bond motifs is 1. The van der Waals surface area contributed by atoms with Crippen molar-refractivity contribution in [3.05, 3.63) is 35.4 Å². The fourth-order valence-electron chi connectivity index (χ4n) is 3.26. The first-order valence-electron chi connectivity index (χ1n) is 8.68. The van der Waals surface area contributed by atoms with Crippen LogP contribution in [0, 0.1) is 13.8 Å². The SMILES string of the molecule is Cc1cccc(CN2CCOC(Cn3nnc4c(N)nc(C)nc43)C2)n1. The van der Waals surface area contributed by atoms with E-state index in [-0.39, 0.29) is 6.10 Å². The van der Waals surface area contributed by atoms with Gasteiger partial charge in [0.05, 0.1) is 24.9 Å². The van der Waals surface area contributed by atoms with Gasteiger partial charge in [0.1, 0.15) is 5.82 Å². The zero-order valence-corrected chi connectivity index (χ0v) is 15.0. The molecule has 1 aliphatic heterocycles. The van der Waals surface area contributed by atoms with Crippen LogP contribution in [0.5, 0.6) is 0 Å². The highest BCUT2D eigenvalue weighted by molar-refractivity contribution is 5.80. The molecule has 9 heteroatoms. The van der Waals surface area contributed by atoms with Crippen LogP contribution in [0.15, 0.2) is 18.2 Å². The van der Waals surface area contributed by atoms with Gasteiger partial charge in [-0.15, -0.1) is 5.10 Å². The third kappa shape index (κ3) is 3.49. The zero-order valence-electron chi connectivity index (χ0n) is 15.0. The van der Waals surface area contributed by atoms with E-state index in [1.807, 2.05) is 19.1 Å². The monoisotopic (exact) mass is 354 g/mol. The van der Waals surface area contributed by atoms with Gasteiger partial charge in [0.15, 0.2) is 17.0 Å².